The molecule has 0 spiro atoms. The number of aliphatic imine (C=N–C) groups is 1. The summed E-state index contributed by atoms with van der Waals surface area (Å²) in [5.41, 5.74) is 19.2. The van der Waals surface area contributed by atoms with E-state index in [0.717, 1.165) is 28.0 Å². The van der Waals surface area contributed by atoms with Gasteiger partial charge in [0.1, 0.15) is 5.84 Å². The summed E-state index contributed by atoms with van der Waals surface area (Å²) in [7, 11) is 0. The van der Waals surface area contributed by atoms with Crippen LogP contribution in [-0.2, 0) is 0 Å². The predicted octanol–water partition coefficient (Wildman–Crippen LogP) is 1.43. The first-order chi connectivity index (χ1) is 11.5. The summed E-state index contributed by atoms with van der Waals surface area (Å²) < 4.78 is 0. The molecular formula is C20H20N4. The van der Waals surface area contributed by atoms with Crippen molar-refractivity contribution in [3.05, 3.63) is 69.4 Å². The molecule has 2 atom stereocenters. The smallest absolute Gasteiger partial charge is 0.129 e. The van der Waals surface area contributed by atoms with Crippen molar-refractivity contribution in [2.45, 2.75) is 26.2 Å². The van der Waals surface area contributed by atoms with E-state index in [-0.39, 0.29) is 11.8 Å². The molecule has 120 valence electrons. The average Bonchev–Trinajstić information content (AvgIpc) is 3.39. The highest BCUT2D eigenvalue weighted by Gasteiger charge is 2.34. The van der Waals surface area contributed by atoms with Gasteiger partial charge in [-0.25, -0.2) is 4.99 Å². The molecular weight excluding hydrogens is 296 g/mol. The lowest BCUT2D eigenvalue weighted by atomic mass is 9.79. The summed E-state index contributed by atoms with van der Waals surface area (Å²) in [4.78, 5) is 4.50. The Labute approximate surface area is 141 Å². The molecule has 1 aromatic rings. The van der Waals surface area contributed by atoms with Gasteiger partial charge in [-0.3, -0.25) is 0 Å². The van der Waals surface area contributed by atoms with Crippen molar-refractivity contribution < 1.29 is 0 Å². The van der Waals surface area contributed by atoms with Crippen molar-refractivity contribution in [3.8, 4) is 6.07 Å². The molecule has 0 saturated heterocycles. The largest absolute Gasteiger partial charge is 0.404 e. The molecule has 2 aliphatic rings. The van der Waals surface area contributed by atoms with Crippen molar-refractivity contribution in [2.24, 2.45) is 22.4 Å². The number of hydrogen-bond donors (Lipinski definition) is 2. The van der Waals surface area contributed by atoms with E-state index >= 15 is 0 Å². The molecule has 4 N–H and O–H groups in total. The van der Waals surface area contributed by atoms with Gasteiger partial charge >= 0.3 is 0 Å². The van der Waals surface area contributed by atoms with Crippen LogP contribution in [0.15, 0.2) is 58.4 Å². The lowest BCUT2D eigenvalue weighted by Crippen LogP contribution is -2.31. The van der Waals surface area contributed by atoms with Crippen molar-refractivity contribution in [1.82, 2.24) is 0 Å². The first-order valence-corrected chi connectivity index (χ1v) is 8.01. The van der Waals surface area contributed by atoms with Crippen LogP contribution < -0.4 is 21.9 Å². The number of nitrogens with two attached hydrogens (primary N) is 2. The number of benzene rings is 1. The van der Waals surface area contributed by atoms with E-state index in [0.29, 0.717) is 22.7 Å². The lowest BCUT2D eigenvalue weighted by Gasteiger charge is -2.28. The average molecular weight is 316 g/mol. The van der Waals surface area contributed by atoms with E-state index in [1.807, 2.05) is 32.0 Å². The quantitative estimate of drug-likeness (QED) is 0.836. The van der Waals surface area contributed by atoms with Gasteiger partial charge in [0, 0.05) is 28.1 Å². The molecule has 4 heteroatoms. The second-order valence-corrected chi connectivity index (χ2v) is 6.09. The van der Waals surface area contributed by atoms with Crippen LogP contribution in [0.5, 0.6) is 0 Å². The first kappa shape index (κ1) is 15.9. The van der Waals surface area contributed by atoms with Crippen molar-refractivity contribution >= 4 is 11.6 Å². The monoisotopic (exact) mass is 316 g/mol. The van der Waals surface area contributed by atoms with Crippen molar-refractivity contribution in [1.29, 1.82) is 5.26 Å². The molecule has 1 aliphatic heterocycles. The van der Waals surface area contributed by atoms with Gasteiger partial charge < -0.3 is 11.5 Å². The molecule has 4 nitrogen and oxygen atoms in total. The Morgan fingerprint density at radius 2 is 2.29 bits per heavy atom. The highest BCUT2D eigenvalue weighted by molar-refractivity contribution is 6.01. The minimum Gasteiger partial charge on any atom is -0.404 e. The zero-order valence-electron chi connectivity index (χ0n) is 13.9. The van der Waals surface area contributed by atoms with E-state index in [1.54, 1.807) is 0 Å². The number of amidine groups is 1. The molecule has 0 fully saturated rings. The van der Waals surface area contributed by atoms with Gasteiger partial charge in [0.25, 0.3) is 0 Å². The van der Waals surface area contributed by atoms with E-state index in [2.05, 4.69) is 23.4 Å². The molecule has 24 heavy (non-hydrogen) atoms. The third-order valence-corrected chi connectivity index (χ3v) is 4.79. The van der Waals surface area contributed by atoms with Crippen LogP contribution in [-0.4, -0.2) is 5.84 Å². The van der Waals surface area contributed by atoms with Crippen LogP contribution in [0.4, 0.5) is 0 Å². The summed E-state index contributed by atoms with van der Waals surface area (Å²) in [5, 5.41) is 12.0. The molecule has 1 heterocycles. The number of nitrogens with zero attached hydrogens (tertiary/aromatic N) is 2. The van der Waals surface area contributed by atoms with Crippen LogP contribution in [0, 0.1) is 17.2 Å². The van der Waals surface area contributed by atoms with Crippen LogP contribution in [0.1, 0.15) is 31.7 Å². The SMILES string of the molecule is C=C(CC)C(C)C1=C(C#N)C(c2cccc3c2=C=3)/C(=C/N)C(N)=N1. The summed E-state index contributed by atoms with van der Waals surface area (Å²) in [6, 6.07) is 8.32. The lowest BCUT2D eigenvalue weighted by molar-refractivity contribution is 0.727. The van der Waals surface area contributed by atoms with Crippen molar-refractivity contribution in [3.63, 3.8) is 0 Å². The first-order valence-electron chi connectivity index (χ1n) is 8.01. The van der Waals surface area contributed by atoms with Gasteiger partial charge in [-0.15, -0.1) is 5.73 Å². The van der Waals surface area contributed by atoms with Crippen LogP contribution in [0.25, 0.3) is 5.73 Å². The number of rotatable bonds is 4. The fraction of sp³-hybridized carbons (Fsp3) is 0.250. The normalized spacial score (nSPS) is 21.1. The number of fused-ring (bicyclic) bond motifs is 1. The molecule has 0 saturated carbocycles. The Kier molecular flexibility index (Phi) is 3.89. The van der Waals surface area contributed by atoms with Gasteiger partial charge in [0.2, 0.25) is 0 Å². The fourth-order valence-electron chi connectivity index (χ4n) is 3.19. The molecule has 0 aromatic heterocycles. The molecule has 3 rings (SSSR count). The minimum atomic E-state index is -0.301. The maximum absolute atomic E-state index is 9.87. The van der Waals surface area contributed by atoms with E-state index in [1.165, 1.54) is 6.20 Å². The van der Waals surface area contributed by atoms with Gasteiger partial charge in [-0.1, -0.05) is 38.1 Å². The Morgan fingerprint density at radius 3 is 2.92 bits per heavy atom. The number of allylic oxidation sites excluding steroid dienone is 2. The highest BCUT2D eigenvalue weighted by Crippen LogP contribution is 2.39. The Balaban J connectivity index is 2.22. The van der Waals surface area contributed by atoms with Crippen molar-refractivity contribution in [2.75, 3.05) is 0 Å². The Hall–Kier alpha value is -3.02. The van der Waals surface area contributed by atoms with E-state index in [9.17, 15) is 5.26 Å². The summed E-state index contributed by atoms with van der Waals surface area (Å²) in [5.74, 6) is 0.0282. The van der Waals surface area contributed by atoms with E-state index in [4.69, 9.17) is 11.5 Å². The molecule has 0 radical (unpaired) electrons. The van der Waals surface area contributed by atoms with Gasteiger partial charge in [-0.05, 0) is 18.1 Å². The number of hydrogen-bond acceptors (Lipinski definition) is 4. The zero-order valence-corrected chi connectivity index (χ0v) is 13.9. The topological polar surface area (TPSA) is 88.2 Å². The Morgan fingerprint density at radius 1 is 1.54 bits per heavy atom. The van der Waals surface area contributed by atoms with Gasteiger partial charge in [0.15, 0.2) is 0 Å². The van der Waals surface area contributed by atoms with Gasteiger partial charge in [-0.2, -0.15) is 5.26 Å². The highest BCUT2D eigenvalue weighted by atomic mass is 14.9. The van der Waals surface area contributed by atoms with E-state index < -0.39 is 0 Å². The second kappa shape index (κ2) is 5.88. The summed E-state index contributed by atoms with van der Waals surface area (Å²) >= 11 is 0. The molecule has 0 amide bonds. The molecule has 1 aliphatic carbocycles. The van der Waals surface area contributed by atoms with Gasteiger partial charge in [0.05, 0.1) is 23.3 Å². The molecule has 0 bridgehead atoms. The third kappa shape index (κ3) is 2.36. The third-order valence-electron chi connectivity index (χ3n) is 4.79. The zero-order chi connectivity index (χ0) is 17.4. The fourth-order valence-corrected chi connectivity index (χ4v) is 3.19. The van der Waals surface area contributed by atoms with Crippen LogP contribution in [0.2, 0.25) is 0 Å². The minimum absolute atomic E-state index is 0.0367. The maximum Gasteiger partial charge on any atom is 0.129 e. The summed E-state index contributed by atoms with van der Waals surface area (Å²) in [6.45, 7) is 8.16. The molecule has 2 unspecified atom stereocenters. The maximum atomic E-state index is 9.87. The Bertz CT molecular complexity index is 995. The standard InChI is InChI=1S/C20H20N4/c1-4-11(2)12(3)19-16(9-21)18(17(10-22)20(23)24-19)14-7-5-6-13-8-15(13)14/h5-7,10,12,18H,2,4,22H2,1,3H3,(H2,23,24)/b17-10-. The summed E-state index contributed by atoms with van der Waals surface area (Å²) in [6.07, 6.45) is 2.28. The second-order valence-electron chi connectivity index (χ2n) is 6.09. The molecule has 1 aromatic carbocycles. The van der Waals surface area contributed by atoms with Crippen LogP contribution in [0.3, 0.4) is 0 Å². The number of nitriles is 1. The predicted molar refractivity (Wildman–Crippen MR) is 96.1 cm³/mol. The van der Waals surface area contributed by atoms with Crippen LogP contribution >= 0.6 is 0 Å².